The van der Waals surface area contributed by atoms with Crippen LogP contribution in [0.4, 0.5) is 0 Å². The standard InChI is InChI=1S/C48H50O5/c1-3-37-15-21-44(22-16-37)45-23-28-48(43(4-2)29-45)53-36-42(32-49-30-40-17-24-46(25-18-40)51-34-38-11-7-5-8-12-38)33-50-31-41-19-26-47(27-20-41)52-35-39-13-9-6-10-14-39/h5-29,42H,3-4,30-36H2,1-2H3. The summed E-state index contributed by atoms with van der Waals surface area (Å²) < 4.78 is 30.9. The molecule has 5 nitrogen and oxygen atoms in total. The Hall–Kier alpha value is -5.36. The minimum absolute atomic E-state index is 0.0305. The van der Waals surface area contributed by atoms with Crippen molar-refractivity contribution >= 4 is 0 Å². The van der Waals surface area contributed by atoms with E-state index in [1.54, 1.807) is 0 Å². The van der Waals surface area contributed by atoms with E-state index in [2.05, 4.69) is 105 Å². The SMILES string of the molecule is CCc1ccc(-c2ccc(OCC(COCc3ccc(OCc4ccccc4)cc3)COCc3ccc(OCc4ccccc4)cc3)c(CC)c2)cc1. The van der Waals surface area contributed by atoms with Crippen LogP contribution < -0.4 is 14.2 Å². The molecule has 0 aliphatic heterocycles. The van der Waals surface area contributed by atoms with Crippen molar-refractivity contribution in [1.82, 2.24) is 0 Å². The number of hydrogen-bond donors (Lipinski definition) is 0. The van der Waals surface area contributed by atoms with Crippen molar-refractivity contribution in [2.45, 2.75) is 53.1 Å². The minimum Gasteiger partial charge on any atom is -0.493 e. The van der Waals surface area contributed by atoms with Crippen LogP contribution in [0.25, 0.3) is 11.1 Å². The van der Waals surface area contributed by atoms with Gasteiger partial charge in [-0.2, -0.15) is 0 Å². The maximum Gasteiger partial charge on any atom is 0.122 e. The zero-order chi connectivity index (χ0) is 36.5. The summed E-state index contributed by atoms with van der Waals surface area (Å²) >= 11 is 0. The molecule has 0 spiro atoms. The number of hydrogen-bond acceptors (Lipinski definition) is 5. The predicted octanol–water partition coefficient (Wildman–Crippen LogP) is 11.1. The van der Waals surface area contributed by atoms with Gasteiger partial charge in [-0.1, -0.05) is 129 Å². The first-order valence-electron chi connectivity index (χ1n) is 18.7. The van der Waals surface area contributed by atoms with Crippen molar-refractivity contribution in [3.05, 3.63) is 185 Å². The highest BCUT2D eigenvalue weighted by Gasteiger charge is 2.14. The third-order valence-corrected chi connectivity index (χ3v) is 9.20. The molecule has 0 bridgehead atoms. The monoisotopic (exact) mass is 706 g/mol. The highest BCUT2D eigenvalue weighted by molar-refractivity contribution is 5.66. The highest BCUT2D eigenvalue weighted by Crippen LogP contribution is 2.28. The normalized spacial score (nSPS) is 11.1. The summed E-state index contributed by atoms with van der Waals surface area (Å²) in [4.78, 5) is 0. The van der Waals surface area contributed by atoms with E-state index in [0.29, 0.717) is 46.2 Å². The van der Waals surface area contributed by atoms with Crippen molar-refractivity contribution < 1.29 is 23.7 Å². The molecular formula is C48H50O5. The van der Waals surface area contributed by atoms with E-state index >= 15 is 0 Å². The minimum atomic E-state index is 0.0305. The zero-order valence-corrected chi connectivity index (χ0v) is 30.9. The topological polar surface area (TPSA) is 46.2 Å². The summed E-state index contributed by atoms with van der Waals surface area (Å²) in [5.41, 5.74) is 9.41. The molecule has 6 aromatic rings. The molecule has 0 aliphatic carbocycles. The first kappa shape index (κ1) is 37.4. The Bertz CT molecular complexity index is 1830. The van der Waals surface area contributed by atoms with Crippen LogP contribution in [0.15, 0.2) is 152 Å². The molecule has 6 rings (SSSR count). The van der Waals surface area contributed by atoms with Crippen molar-refractivity contribution in [1.29, 1.82) is 0 Å². The van der Waals surface area contributed by atoms with Crippen molar-refractivity contribution in [2.24, 2.45) is 5.92 Å². The van der Waals surface area contributed by atoms with Gasteiger partial charge in [0.1, 0.15) is 30.5 Å². The second-order valence-electron chi connectivity index (χ2n) is 13.3. The fourth-order valence-corrected chi connectivity index (χ4v) is 5.99. The molecule has 0 aromatic heterocycles. The van der Waals surface area contributed by atoms with E-state index in [0.717, 1.165) is 52.3 Å². The third-order valence-electron chi connectivity index (χ3n) is 9.20. The molecule has 6 aromatic carbocycles. The van der Waals surface area contributed by atoms with Gasteiger partial charge in [0, 0.05) is 5.92 Å². The average Bonchev–Trinajstić information content (AvgIpc) is 3.22. The number of aryl methyl sites for hydroxylation is 2. The van der Waals surface area contributed by atoms with E-state index in [-0.39, 0.29) is 5.92 Å². The van der Waals surface area contributed by atoms with Crippen LogP contribution in [0.5, 0.6) is 17.2 Å². The van der Waals surface area contributed by atoms with Gasteiger partial charge in [-0.25, -0.2) is 0 Å². The number of benzene rings is 6. The molecule has 272 valence electrons. The Morgan fingerprint density at radius 1 is 0.396 bits per heavy atom. The van der Waals surface area contributed by atoms with E-state index in [1.807, 2.05) is 60.7 Å². The molecule has 0 fully saturated rings. The van der Waals surface area contributed by atoms with E-state index in [4.69, 9.17) is 23.7 Å². The van der Waals surface area contributed by atoms with Crippen LogP contribution in [0.2, 0.25) is 0 Å². The Balaban J connectivity index is 1.04. The van der Waals surface area contributed by atoms with Gasteiger partial charge in [0.2, 0.25) is 0 Å². The molecule has 53 heavy (non-hydrogen) atoms. The maximum atomic E-state index is 6.49. The number of ether oxygens (including phenoxy) is 5. The fourth-order valence-electron chi connectivity index (χ4n) is 5.99. The first-order chi connectivity index (χ1) is 26.1. The Morgan fingerprint density at radius 3 is 1.36 bits per heavy atom. The van der Waals surface area contributed by atoms with E-state index in [1.165, 1.54) is 22.3 Å². The second kappa shape index (κ2) is 20.0. The lowest BCUT2D eigenvalue weighted by Gasteiger charge is -2.20. The van der Waals surface area contributed by atoms with Crippen molar-refractivity contribution in [3.8, 4) is 28.4 Å². The largest absolute Gasteiger partial charge is 0.493 e. The van der Waals surface area contributed by atoms with Gasteiger partial charge in [-0.05, 0) is 93.7 Å². The van der Waals surface area contributed by atoms with Gasteiger partial charge < -0.3 is 23.7 Å². The molecule has 0 atom stereocenters. The third kappa shape index (κ3) is 11.8. The first-order valence-corrected chi connectivity index (χ1v) is 18.7. The smallest absolute Gasteiger partial charge is 0.122 e. The lowest BCUT2D eigenvalue weighted by atomic mass is 10.00. The fraction of sp³-hybridized carbons (Fsp3) is 0.250. The Labute approximate surface area is 315 Å². The van der Waals surface area contributed by atoms with Crippen LogP contribution in [0.1, 0.15) is 47.2 Å². The number of rotatable bonds is 20. The molecule has 0 aliphatic rings. The lowest BCUT2D eigenvalue weighted by Crippen LogP contribution is -2.23. The molecule has 0 heterocycles. The van der Waals surface area contributed by atoms with Crippen LogP contribution in [-0.2, 0) is 48.7 Å². The van der Waals surface area contributed by atoms with Crippen LogP contribution in [0, 0.1) is 5.92 Å². The van der Waals surface area contributed by atoms with Gasteiger partial charge in [-0.3, -0.25) is 0 Å². The molecule has 0 radical (unpaired) electrons. The molecule has 0 unspecified atom stereocenters. The Kier molecular flexibility index (Phi) is 14.1. The van der Waals surface area contributed by atoms with Gasteiger partial charge in [0.25, 0.3) is 0 Å². The molecule has 0 amide bonds. The van der Waals surface area contributed by atoms with E-state index < -0.39 is 0 Å². The quantitative estimate of drug-likeness (QED) is 0.0791. The molecule has 0 N–H and O–H groups in total. The Morgan fingerprint density at radius 2 is 0.868 bits per heavy atom. The summed E-state index contributed by atoms with van der Waals surface area (Å²) in [6.07, 6.45) is 1.92. The summed E-state index contributed by atoms with van der Waals surface area (Å²) in [5, 5.41) is 0. The lowest BCUT2D eigenvalue weighted by molar-refractivity contribution is 0.00963. The summed E-state index contributed by atoms with van der Waals surface area (Å²) in [6.45, 7) is 7.90. The van der Waals surface area contributed by atoms with Gasteiger partial charge in [0.15, 0.2) is 0 Å². The predicted molar refractivity (Wildman–Crippen MR) is 213 cm³/mol. The summed E-state index contributed by atoms with van der Waals surface area (Å²) in [5.74, 6) is 2.61. The second-order valence-corrected chi connectivity index (χ2v) is 13.3. The van der Waals surface area contributed by atoms with Crippen molar-refractivity contribution in [3.63, 3.8) is 0 Å². The zero-order valence-electron chi connectivity index (χ0n) is 30.9. The molecule has 5 heteroatoms. The molecule has 0 saturated heterocycles. The highest BCUT2D eigenvalue weighted by atomic mass is 16.5. The van der Waals surface area contributed by atoms with Crippen LogP contribution in [0.3, 0.4) is 0 Å². The average molecular weight is 707 g/mol. The van der Waals surface area contributed by atoms with Gasteiger partial charge >= 0.3 is 0 Å². The summed E-state index contributed by atoms with van der Waals surface area (Å²) in [7, 11) is 0. The van der Waals surface area contributed by atoms with Gasteiger partial charge in [-0.15, -0.1) is 0 Å². The van der Waals surface area contributed by atoms with Crippen LogP contribution in [-0.4, -0.2) is 19.8 Å². The molecule has 0 saturated carbocycles. The summed E-state index contributed by atoms with van der Waals surface area (Å²) in [6, 6.07) is 51.9. The maximum absolute atomic E-state index is 6.49. The van der Waals surface area contributed by atoms with Crippen molar-refractivity contribution in [2.75, 3.05) is 19.8 Å². The van der Waals surface area contributed by atoms with Crippen LogP contribution >= 0.6 is 0 Å². The van der Waals surface area contributed by atoms with E-state index in [9.17, 15) is 0 Å². The van der Waals surface area contributed by atoms with Gasteiger partial charge in [0.05, 0.1) is 33.0 Å². The molecular weight excluding hydrogens is 657 g/mol.